The van der Waals surface area contributed by atoms with Crippen LogP contribution in [0.2, 0.25) is 0 Å². The van der Waals surface area contributed by atoms with E-state index in [1.807, 2.05) is 12.1 Å². The molecule has 74 valence electrons. The standard InChI is InChI=1S/C10H11ClN2O/c11-10(14)8-4-3-5-9(12-8)13-6-1-2-7-13/h3-5H,1-2,6-7H2. The molecule has 0 aromatic carbocycles. The van der Waals surface area contributed by atoms with Crippen LogP contribution in [-0.4, -0.2) is 23.3 Å². The van der Waals surface area contributed by atoms with Gasteiger partial charge in [-0.25, -0.2) is 4.98 Å². The van der Waals surface area contributed by atoms with Gasteiger partial charge in [0.1, 0.15) is 11.5 Å². The van der Waals surface area contributed by atoms with E-state index in [9.17, 15) is 4.79 Å². The van der Waals surface area contributed by atoms with E-state index in [2.05, 4.69) is 9.88 Å². The van der Waals surface area contributed by atoms with Gasteiger partial charge in [-0.05, 0) is 36.6 Å². The van der Waals surface area contributed by atoms with Crippen LogP contribution in [-0.2, 0) is 0 Å². The number of carbonyl (C=O) groups is 1. The van der Waals surface area contributed by atoms with Gasteiger partial charge in [-0.1, -0.05) is 6.07 Å². The third-order valence-electron chi connectivity index (χ3n) is 2.37. The smallest absolute Gasteiger partial charge is 0.270 e. The Bertz CT molecular complexity index is 348. The van der Waals surface area contributed by atoms with Gasteiger partial charge in [0.05, 0.1) is 0 Å². The summed E-state index contributed by atoms with van der Waals surface area (Å²) < 4.78 is 0. The molecule has 2 rings (SSSR count). The van der Waals surface area contributed by atoms with Crippen LogP contribution >= 0.6 is 11.6 Å². The average molecular weight is 211 g/mol. The minimum Gasteiger partial charge on any atom is -0.357 e. The van der Waals surface area contributed by atoms with Crippen molar-refractivity contribution in [1.82, 2.24) is 4.98 Å². The quantitative estimate of drug-likeness (QED) is 0.701. The summed E-state index contributed by atoms with van der Waals surface area (Å²) in [5.74, 6) is 0.856. The van der Waals surface area contributed by atoms with E-state index in [0.717, 1.165) is 18.9 Å². The highest BCUT2D eigenvalue weighted by Crippen LogP contribution is 2.18. The molecular weight excluding hydrogens is 200 g/mol. The zero-order valence-corrected chi connectivity index (χ0v) is 8.50. The van der Waals surface area contributed by atoms with Crippen molar-refractivity contribution in [3.05, 3.63) is 23.9 Å². The monoisotopic (exact) mass is 210 g/mol. The van der Waals surface area contributed by atoms with E-state index in [1.165, 1.54) is 12.8 Å². The number of halogens is 1. The third-order valence-corrected chi connectivity index (χ3v) is 2.56. The summed E-state index contributed by atoms with van der Waals surface area (Å²) in [6.45, 7) is 2.04. The fraction of sp³-hybridized carbons (Fsp3) is 0.400. The number of hydrogen-bond donors (Lipinski definition) is 0. The fourth-order valence-electron chi connectivity index (χ4n) is 1.66. The van der Waals surface area contributed by atoms with E-state index in [0.29, 0.717) is 5.69 Å². The fourth-order valence-corrected chi connectivity index (χ4v) is 1.76. The number of carbonyl (C=O) groups excluding carboxylic acids is 1. The normalized spacial score (nSPS) is 15.9. The predicted molar refractivity (Wildman–Crippen MR) is 55.9 cm³/mol. The molecule has 1 aliphatic heterocycles. The molecule has 0 amide bonds. The summed E-state index contributed by atoms with van der Waals surface area (Å²) in [6, 6.07) is 5.36. The molecule has 1 saturated heterocycles. The van der Waals surface area contributed by atoms with Crippen LogP contribution in [0, 0.1) is 0 Å². The van der Waals surface area contributed by atoms with E-state index < -0.39 is 5.24 Å². The molecule has 0 spiro atoms. The predicted octanol–water partition coefficient (Wildman–Crippen LogP) is 2.06. The number of aromatic nitrogens is 1. The summed E-state index contributed by atoms with van der Waals surface area (Å²) in [5.41, 5.74) is 0.330. The number of anilines is 1. The third kappa shape index (κ3) is 1.87. The van der Waals surface area contributed by atoms with Crippen molar-refractivity contribution in [2.24, 2.45) is 0 Å². The number of nitrogens with zero attached hydrogens (tertiary/aromatic N) is 2. The Labute approximate surface area is 87.7 Å². The van der Waals surface area contributed by atoms with Crippen LogP contribution in [0.15, 0.2) is 18.2 Å². The molecule has 2 heterocycles. The highest BCUT2D eigenvalue weighted by molar-refractivity contribution is 6.67. The highest BCUT2D eigenvalue weighted by atomic mass is 35.5. The maximum absolute atomic E-state index is 10.9. The second-order valence-corrected chi connectivity index (χ2v) is 3.69. The maximum Gasteiger partial charge on any atom is 0.270 e. The maximum atomic E-state index is 10.9. The van der Waals surface area contributed by atoms with Crippen LogP contribution in [0.3, 0.4) is 0 Å². The van der Waals surface area contributed by atoms with Crippen molar-refractivity contribution < 1.29 is 4.79 Å². The molecule has 0 atom stereocenters. The van der Waals surface area contributed by atoms with Crippen molar-refractivity contribution in [1.29, 1.82) is 0 Å². The van der Waals surface area contributed by atoms with E-state index in [1.54, 1.807) is 6.07 Å². The van der Waals surface area contributed by atoms with Gasteiger partial charge in [-0.15, -0.1) is 0 Å². The van der Waals surface area contributed by atoms with Gasteiger partial charge < -0.3 is 4.90 Å². The molecule has 0 saturated carbocycles. The molecule has 0 bridgehead atoms. The molecule has 1 aromatic rings. The average Bonchev–Trinajstić information content (AvgIpc) is 2.71. The molecule has 1 aromatic heterocycles. The summed E-state index contributed by atoms with van der Waals surface area (Å²) in [7, 11) is 0. The topological polar surface area (TPSA) is 33.2 Å². The lowest BCUT2D eigenvalue weighted by Gasteiger charge is -2.16. The molecule has 14 heavy (non-hydrogen) atoms. The van der Waals surface area contributed by atoms with Gasteiger partial charge in [0.2, 0.25) is 0 Å². The molecule has 3 nitrogen and oxygen atoms in total. The van der Waals surface area contributed by atoms with Crippen molar-refractivity contribution in [3.63, 3.8) is 0 Å². The van der Waals surface area contributed by atoms with E-state index in [-0.39, 0.29) is 0 Å². The lowest BCUT2D eigenvalue weighted by Crippen LogP contribution is -2.19. The molecule has 4 heteroatoms. The summed E-state index contributed by atoms with van der Waals surface area (Å²) in [5, 5.41) is -0.494. The zero-order valence-electron chi connectivity index (χ0n) is 7.74. The van der Waals surface area contributed by atoms with Crippen LogP contribution < -0.4 is 4.90 Å². The van der Waals surface area contributed by atoms with Gasteiger partial charge in [0, 0.05) is 13.1 Å². The summed E-state index contributed by atoms with van der Waals surface area (Å²) in [6.07, 6.45) is 2.39. The Hall–Kier alpha value is -1.09. The molecule has 0 aliphatic carbocycles. The van der Waals surface area contributed by atoms with Crippen LogP contribution in [0.1, 0.15) is 23.3 Å². The molecule has 1 fully saturated rings. The number of rotatable bonds is 2. The molecule has 0 N–H and O–H groups in total. The lowest BCUT2D eigenvalue weighted by molar-refractivity contribution is 0.107. The lowest BCUT2D eigenvalue weighted by atomic mass is 10.3. The first-order chi connectivity index (χ1) is 6.77. The minimum absolute atomic E-state index is 0.330. The number of hydrogen-bond acceptors (Lipinski definition) is 3. The van der Waals surface area contributed by atoms with E-state index >= 15 is 0 Å². The summed E-state index contributed by atoms with van der Waals surface area (Å²) in [4.78, 5) is 17.3. The van der Waals surface area contributed by atoms with Crippen LogP contribution in [0.5, 0.6) is 0 Å². The largest absolute Gasteiger partial charge is 0.357 e. The van der Waals surface area contributed by atoms with E-state index in [4.69, 9.17) is 11.6 Å². The van der Waals surface area contributed by atoms with Crippen molar-refractivity contribution in [2.45, 2.75) is 12.8 Å². The van der Waals surface area contributed by atoms with Gasteiger partial charge in [0.25, 0.3) is 5.24 Å². The van der Waals surface area contributed by atoms with Gasteiger partial charge >= 0.3 is 0 Å². The van der Waals surface area contributed by atoms with Crippen LogP contribution in [0.25, 0.3) is 0 Å². The zero-order chi connectivity index (χ0) is 9.97. The van der Waals surface area contributed by atoms with Gasteiger partial charge in [-0.2, -0.15) is 0 Å². The number of pyridine rings is 1. The van der Waals surface area contributed by atoms with Crippen LogP contribution in [0.4, 0.5) is 5.82 Å². The Balaban J connectivity index is 2.25. The first-order valence-corrected chi connectivity index (χ1v) is 5.07. The first kappa shape index (κ1) is 9.46. The van der Waals surface area contributed by atoms with Gasteiger partial charge in [-0.3, -0.25) is 4.79 Å². The molecular formula is C10H11ClN2O. The SMILES string of the molecule is O=C(Cl)c1cccc(N2CCCC2)n1. The highest BCUT2D eigenvalue weighted by Gasteiger charge is 2.14. The minimum atomic E-state index is -0.494. The summed E-state index contributed by atoms with van der Waals surface area (Å²) >= 11 is 5.36. The molecule has 0 radical (unpaired) electrons. The van der Waals surface area contributed by atoms with Gasteiger partial charge in [0.15, 0.2) is 0 Å². The Kier molecular flexibility index (Phi) is 2.68. The first-order valence-electron chi connectivity index (χ1n) is 4.69. The Morgan fingerprint density at radius 2 is 2.07 bits per heavy atom. The Morgan fingerprint density at radius 1 is 1.36 bits per heavy atom. The Morgan fingerprint density at radius 3 is 2.71 bits per heavy atom. The van der Waals surface area contributed by atoms with Crippen molar-refractivity contribution >= 4 is 22.7 Å². The molecule has 1 aliphatic rings. The second kappa shape index (κ2) is 3.96. The second-order valence-electron chi connectivity index (χ2n) is 3.35. The molecule has 0 unspecified atom stereocenters. The van der Waals surface area contributed by atoms with Crippen molar-refractivity contribution in [3.8, 4) is 0 Å². The van der Waals surface area contributed by atoms with Crippen molar-refractivity contribution in [2.75, 3.05) is 18.0 Å².